The fourth-order valence-corrected chi connectivity index (χ4v) is 1.74. The molecular formula is C13H23N5O. The number of hydrogen-bond acceptors (Lipinski definition) is 4. The summed E-state index contributed by atoms with van der Waals surface area (Å²) in [6.07, 6.45) is 5.34. The lowest BCUT2D eigenvalue weighted by Crippen LogP contribution is -2.29. The van der Waals surface area contributed by atoms with E-state index in [-0.39, 0.29) is 12.5 Å². The zero-order chi connectivity index (χ0) is 13.7. The molecule has 0 radical (unpaired) electrons. The van der Waals surface area contributed by atoms with E-state index >= 15 is 0 Å². The topological polar surface area (TPSA) is 71.8 Å². The molecule has 0 aliphatic heterocycles. The van der Waals surface area contributed by atoms with Crippen molar-refractivity contribution in [2.45, 2.75) is 52.2 Å². The van der Waals surface area contributed by atoms with Crippen LogP contribution < -0.4 is 10.6 Å². The fourth-order valence-electron chi connectivity index (χ4n) is 1.74. The highest BCUT2D eigenvalue weighted by Gasteiger charge is 2.20. The van der Waals surface area contributed by atoms with E-state index < -0.39 is 0 Å². The second-order valence-electron chi connectivity index (χ2n) is 5.60. The summed E-state index contributed by atoms with van der Waals surface area (Å²) in [6, 6.07) is 0.657. The van der Waals surface area contributed by atoms with Crippen LogP contribution in [-0.2, 0) is 17.9 Å². The second kappa shape index (κ2) is 6.65. The molecule has 2 rings (SSSR count). The van der Waals surface area contributed by atoms with Crippen LogP contribution in [0, 0.1) is 5.92 Å². The van der Waals surface area contributed by atoms with E-state index in [0.29, 0.717) is 12.0 Å². The largest absolute Gasteiger partial charge is 0.354 e. The van der Waals surface area contributed by atoms with Gasteiger partial charge in [0, 0.05) is 19.1 Å². The zero-order valence-electron chi connectivity index (χ0n) is 11.7. The van der Waals surface area contributed by atoms with Gasteiger partial charge in [0.15, 0.2) is 0 Å². The predicted octanol–water partition coefficient (Wildman–Crippen LogP) is 0.692. The molecule has 0 bridgehead atoms. The van der Waals surface area contributed by atoms with Crippen molar-refractivity contribution in [2.75, 3.05) is 6.54 Å². The molecule has 19 heavy (non-hydrogen) atoms. The Morgan fingerprint density at radius 3 is 3.00 bits per heavy atom. The van der Waals surface area contributed by atoms with Crippen molar-refractivity contribution < 1.29 is 4.79 Å². The summed E-state index contributed by atoms with van der Waals surface area (Å²) in [6.45, 7) is 5.99. The van der Waals surface area contributed by atoms with E-state index in [9.17, 15) is 4.79 Å². The smallest absolute Gasteiger partial charge is 0.241 e. The molecule has 0 unspecified atom stereocenters. The summed E-state index contributed by atoms with van der Waals surface area (Å²) in [7, 11) is 0. The molecule has 1 saturated carbocycles. The Morgan fingerprint density at radius 2 is 2.32 bits per heavy atom. The number of nitrogens with zero attached hydrogens (tertiary/aromatic N) is 3. The molecular weight excluding hydrogens is 242 g/mol. The average molecular weight is 265 g/mol. The van der Waals surface area contributed by atoms with Crippen molar-refractivity contribution >= 4 is 5.91 Å². The first-order valence-electron chi connectivity index (χ1n) is 7.02. The minimum atomic E-state index is -0.00717. The Hall–Kier alpha value is -1.43. The zero-order valence-corrected chi connectivity index (χ0v) is 11.7. The van der Waals surface area contributed by atoms with Gasteiger partial charge in [-0.2, -0.15) is 0 Å². The van der Waals surface area contributed by atoms with Crippen molar-refractivity contribution in [1.82, 2.24) is 25.6 Å². The van der Waals surface area contributed by atoms with Gasteiger partial charge in [-0.05, 0) is 25.2 Å². The SMILES string of the molecule is CC(C)CCNC(=O)Cn1cc(CNC2CC2)nn1. The quantitative estimate of drug-likeness (QED) is 0.725. The number of aromatic nitrogens is 3. The maximum Gasteiger partial charge on any atom is 0.241 e. The molecule has 0 atom stereocenters. The summed E-state index contributed by atoms with van der Waals surface area (Å²) < 4.78 is 1.59. The van der Waals surface area contributed by atoms with E-state index in [1.54, 1.807) is 4.68 Å². The number of rotatable bonds is 8. The minimum absolute atomic E-state index is 0.00717. The van der Waals surface area contributed by atoms with E-state index in [1.165, 1.54) is 12.8 Å². The molecule has 1 amide bonds. The van der Waals surface area contributed by atoms with E-state index in [4.69, 9.17) is 0 Å². The Morgan fingerprint density at radius 1 is 1.53 bits per heavy atom. The molecule has 1 heterocycles. The average Bonchev–Trinajstić information content (AvgIpc) is 3.07. The summed E-state index contributed by atoms with van der Waals surface area (Å²) >= 11 is 0. The lowest BCUT2D eigenvalue weighted by atomic mass is 10.1. The van der Waals surface area contributed by atoms with Crippen LogP contribution in [0.25, 0.3) is 0 Å². The number of carbonyl (C=O) groups excluding carboxylic acids is 1. The number of carbonyl (C=O) groups is 1. The molecule has 6 heteroatoms. The van der Waals surface area contributed by atoms with Crippen LogP contribution in [0.15, 0.2) is 6.20 Å². The Bertz CT molecular complexity index is 411. The lowest BCUT2D eigenvalue weighted by molar-refractivity contribution is -0.121. The standard InChI is InChI=1S/C13H23N5O/c1-10(2)5-6-14-13(19)9-18-8-12(16-17-18)7-15-11-3-4-11/h8,10-11,15H,3-7,9H2,1-2H3,(H,14,19). The minimum Gasteiger partial charge on any atom is -0.354 e. The van der Waals surface area contributed by atoms with Crippen LogP contribution in [0.3, 0.4) is 0 Å². The highest BCUT2D eigenvalue weighted by Crippen LogP contribution is 2.18. The van der Waals surface area contributed by atoms with Crippen molar-refractivity contribution in [3.8, 4) is 0 Å². The van der Waals surface area contributed by atoms with Crippen molar-refractivity contribution in [3.05, 3.63) is 11.9 Å². The van der Waals surface area contributed by atoms with Crippen LogP contribution in [0.1, 0.15) is 38.8 Å². The number of hydrogen-bond donors (Lipinski definition) is 2. The van der Waals surface area contributed by atoms with Gasteiger partial charge < -0.3 is 10.6 Å². The fraction of sp³-hybridized carbons (Fsp3) is 0.769. The van der Waals surface area contributed by atoms with E-state index in [1.807, 2.05) is 6.20 Å². The van der Waals surface area contributed by atoms with Crippen LogP contribution in [0.5, 0.6) is 0 Å². The van der Waals surface area contributed by atoms with Crippen molar-refractivity contribution in [3.63, 3.8) is 0 Å². The number of amides is 1. The third kappa shape index (κ3) is 5.38. The molecule has 1 aromatic rings. The highest BCUT2D eigenvalue weighted by molar-refractivity contribution is 5.75. The van der Waals surface area contributed by atoms with Crippen LogP contribution in [-0.4, -0.2) is 33.5 Å². The van der Waals surface area contributed by atoms with Crippen molar-refractivity contribution in [2.24, 2.45) is 5.92 Å². The Kier molecular flexibility index (Phi) is 4.90. The summed E-state index contributed by atoms with van der Waals surface area (Å²) in [5.41, 5.74) is 0.891. The van der Waals surface area contributed by atoms with Gasteiger partial charge in [0.25, 0.3) is 0 Å². The second-order valence-corrected chi connectivity index (χ2v) is 5.60. The van der Waals surface area contributed by atoms with Gasteiger partial charge in [0.1, 0.15) is 6.54 Å². The van der Waals surface area contributed by atoms with E-state index in [0.717, 1.165) is 25.2 Å². The first kappa shape index (κ1) is 14.0. The van der Waals surface area contributed by atoms with Gasteiger partial charge in [0.05, 0.1) is 11.9 Å². The maximum atomic E-state index is 11.7. The lowest BCUT2D eigenvalue weighted by Gasteiger charge is -2.06. The third-order valence-electron chi connectivity index (χ3n) is 3.08. The first-order chi connectivity index (χ1) is 9.13. The van der Waals surface area contributed by atoms with Gasteiger partial charge in [0.2, 0.25) is 5.91 Å². The molecule has 0 spiro atoms. The summed E-state index contributed by atoms with van der Waals surface area (Å²) in [5, 5.41) is 14.3. The van der Waals surface area contributed by atoms with Crippen LogP contribution >= 0.6 is 0 Å². The summed E-state index contributed by atoms with van der Waals surface area (Å²) in [4.78, 5) is 11.7. The molecule has 1 fully saturated rings. The highest BCUT2D eigenvalue weighted by atomic mass is 16.2. The van der Waals surface area contributed by atoms with E-state index in [2.05, 4.69) is 34.8 Å². The Labute approximate surface area is 113 Å². The monoisotopic (exact) mass is 265 g/mol. The normalized spacial score (nSPS) is 14.9. The van der Waals surface area contributed by atoms with Gasteiger partial charge in [-0.1, -0.05) is 19.1 Å². The number of nitrogens with one attached hydrogen (secondary N) is 2. The third-order valence-corrected chi connectivity index (χ3v) is 3.08. The van der Waals surface area contributed by atoms with Crippen molar-refractivity contribution in [1.29, 1.82) is 0 Å². The molecule has 2 N–H and O–H groups in total. The maximum absolute atomic E-state index is 11.7. The molecule has 1 aromatic heterocycles. The molecule has 1 aliphatic carbocycles. The molecule has 6 nitrogen and oxygen atoms in total. The predicted molar refractivity (Wildman–Crippen MR) is 72.3 cm³/mol. The van der Waals surface area contributed by atoms with Gasteiger partial charge in [-0.3, -0.25) is 4.79 Å². The molecule has 1 aliphatic rings. The Balaban J connectivity index is 1.67. The van der Waals surface area contributed by atoms with Gasteiger partial charge in [-0.15, -0.1) is 5.10 Å². The molecule has 106 valence electrons. The van der Waals surface area contributed by atoms with Crippen LogP contribution in [0.2, 0.25) is 0 Å². The first-order valence-corrected chi connectivity index (χ1v) is 7.02. The van der Waals surface area contributed by atoms with Gasteiger partial charge >= 0.3 is 0 Å². The molecule has 0 aromatic carbocycles. The molecule has 0 saturated heterocycles. The van der Waals surface area contributed by atoms with Crippen LogP contribution in [0.4, 0.5) is 0 Å². The van der Waals surface area contributed by atoms with Gasteiger partial charge in [-0.25, -0.2) is 4.68 Å². The summed E-state index contributed by atoms with van der Waals surface area (Å²) in [5.74, 6) is 0.596.